The highest BCUT2D eigenvalue weighted by Crippen LogP contribution is 2.17. The van der Waals surface area contributed by atoms with Crippen LogP contribution >= 0.6 is 0 Å². The second-order valence-electron chi connectivity index (χ2n) is 6.91. The molecule has 2 aromatic carbocycles. The van der Waals surface area contributed by atoms with Crippen molar-refractivity contribution in [2.24, 2.45) is 0 Å². The maximum atomic E-state index is 12.4. The van der Waals surface area contributed by atoms with Crippen molar-refractivity contribution >= 4 is 37.3 Å². The monoisotopic (exact) mass is 453 g/mol. The van der Waals surface area contributed by atoms with Gasteiger partial charge in [-0.1, -0.05) is 13.8 Å². The zero-order chi connectivity index (χ0) is 22.4. The molecule has 2 aromatic rings. The van der Waals surface area contributed by atoms with Crippen LogP contribution in [0.5, 0.6) is 0 Å². The highest BCUT2D eigenvalue weighted by molar-refractivity contribution is 7.92. The molecule has 10 heteroatoms. The number of carbonyl (C=O) groups is 1. The van der Waals surface area contributed by atoms with Gasteiger partial charge in [0.05, 0.1) is 10.6 Å². The third kappa shape index (κ3) is 6.82. The summed E-state index contributed by atoms with van der Waals surface area (Å²) < 4.78 is 53.2. The molecular formula is C20H27N3O5S2. The summed E-state index contributed by atoms with van der Waals surface area (Å²) in [6.07, 6.45) is 1.18. The number of rotatable bonds is 10. The molecule has 0 bridgehead atoms. The summed E-state index contributed by atoms with van der Waals surface area (Å²) in [4.78, 5) is 12.5. The van der Waals surface area contributed by atoms with E-state index in [1.807, 2.05) is 6.92 Å². The molecule has 2 rings (SSSR count). The average molecular weight is 454 g/mol. The number of anilines is 2. The summed E-state index contributed by atoms with van der Waals surface area (Å²) in [5.41, 5.74) is 1.18. The van der Waals surface area contributed by atoms with Gasteiger partial charge in [-0.25, -0.2) is 21.6 Å². The lowest BCUT2D eigenvalue weighted by Gasteiger charge is -2.12. The van der Waals surface area contributed by atoms with E-state index in [0.29, 0.717) is 29.8 Å². The molecule has 3 N–H and O–H groups in total. The summed E-state index contributed by atoms with van der Waals surface area (Å²) >= 11 is 0. The highest BCUT2D eigenvalue weighted by atomic mass is 32.2. The van der Waals surface area contributed by atoms with Gasteiger partial charge in [0.15, 0.2) is 0 Å². The van der Waals surface area contributed by atoms with Crippen LogP contribution in [0.4, 0.5) is 11.4 Å². The molecular weight excluding hydrogens is 426 g/mol. The average Bonchev–Trinajstić information content (AvgIpc) is 2.68. The molecule has 0 spiro atoms. The minimum absolute atomic E-state index is 0.0318. The molecule has 0 radical (unpaired) electrons. The molecule has 0 heterocycles. The molecule has 0 aliphatic rings. The fourth-order valence-electron chi connectivity index (χ4n) is 2.53. The Hall–Kier alpha value is -2.43. The van der Waals surface area contributed by atoms with Crippen LogP contribution in [0, 0.1) is 0 Å². The Bertz CT molecular complexity index is 1060. The number of sulfonamides is 2. The predicted octanol–water partition coefficient (Wildman–Crippen LogP) is 3.17. The third-order valence-electron chi connectivity index (χ3n) is 4.28. The molecule has 0 fully saturated rings. The summed E-state index contributed by atoms with van der Waals surface area (Å²) in [6.45, 7) is 5.44. The fourth-order valence-corrected chi connectivity index (χ4v) is 4.99. The second-order valence-corrected chi connectivity index (χ2v) is 10.5. The molecule has 0 aromatic heterocycles. The van der Waals surface area contributed by atoms with Gasteiger partial charge >= 0.3 is 0 Å². The van der Waals surface area contributed by atoms with Crippen LogP contribution in [-0.4, -0.2) is 34.5 Å². The lowest BCUT2D eigenvalue weighted by atomic mass is 10.2. The highest BCUT2D eigenvalue weighted by Gasteiger charge is 2.17. The third-order valence-corrected chi connectivity index (χ3v) is 7.38. The van der Waals surface area contributed by atoms with E-state index in [-0.39, 0.29) is 16.7 Å². The van der Waals surface area contributed by atoms with Crippen LogP contribution in [0.25, 0.3) is 0 Å². The van der Waals surface area contributed by atoms with Gasteiger partial charge in [-0.2, -0.15) is 0 Å². The van der Waals surface area contributed by atoms with Gasteiger partial charge in [0.2, 0.25) is 20.0 Å². The van der Waals surface area contributed by atoms with Crippen LogP contribution < -0.4 is 14.8 Å². The largest absolute Gasteiger partial charge is 0.322 e. The summed E-state index contributed by atoms with van der Waals surface area (Å²) in [5, 5.41) is 2.69. The Morgan fingerprint density at radius 3 is 2.00 bits per heavy atom. The van der Waals surface area contributed by atoms with Gasteiger partial charge in [0.25, 0.3) is 5.91 Å². The number of hydrogen-bond acceptors (Lipinski definition) is 5. The number of nitrogens with one attached hydrogen (secondary N) is 3. The number of carbonyl (C=O) groups excluding carboxylic acids is 1. The first kappa shape index (κ1) is 23.8. The van der Waals surface area contributed by atoms with Gasteiger partial charge in [0.1, 0.15) is 0 Å². The summed E-state index contributed by atoms with van der Waals surface area (Å²) in [5.74, 6) is -0.377. The fraction of sp³-hybridized carbons (Fsp3) is 0.350. The first-order valence-electron chi connectivity index (χ1n) is 9.60. The van der Waals surface area contributed by atoms with E-state index in [2.05, 4.69) is 14.8 Å². The predicted molar refractivity (Wildman–Crippen MR) is 119 cm³/mol. The van der Waals surface area contributed by atoms with Crippen LogP contribution in [0.3, 0.4) is 0 Å². The lowest BCUT2D eigenvalue weighted by molar-refractivity contribution is 0.102. The topological polar surface area (TPSA) is 121 Å². The molecule has 164 valence electrons. The number of amides is 1. The standard InChI is InChI=1S/C20H27N3O5S2/c1-4-14-29(25,26)23-18-10-8-17(9-11-18)21-20(24)16-6-12-19(13-7-16)30(27,28)22-15(3)5-2/h6-13,15,22-23H,4-5,14H2,1-3H3,(H,21,24). The minimum Gasteiger partial charge on any atom is -0.322 e. The van der Waals surface area contributed by atoms with Gasteiger partial charge < -0.3 is 5.32 Å². The van der Waals surface area contributed by atoms with E-state index in [9.17, 15) is 21.6 Å². The number of hydrogen-bond donors (Lipinski definition) is 3. The van der Waals surface area contributed by atoms with E-state index < -0.39 is 26.0 Å². The SMILES string of the molecule is CCCS(=O)(=O)Nc1ccc(NC(=O)c2ccc(S(=O)(=O)NC(C)CC)cc2)cc1. The first-order chi connectivity index (χ1) is 14.1. The van der Waals surface area contributed by atoms with Crippen molar-refractivity contribution < 1.29 is 21.6 Å². The van der Waals surface area contributed by atoms with Crippen LogP contribution in [-0.2, 0) is 20.0 Å². The molecule has 0 saturated carbocycles. The maximum Gasteiger partial charge on any atom is 0.255 e. The minimum atomic E-state index is -3.63. The van der Waals surface area contributed by atoms with Crippen molar-refractivity contribution in [3.63, 3.8) is 0 Å². The van der Waals surface area contributed by atoms with Crippen molar-refractivity contribution in [3.05, 3.63) is 54.1 Å². The molecule has 0 aliphatic heterocycles. The van der Waals surface area contributed by atoms with Crippen LogP contribution in [0.1, 0.15) is 44.0 Å². The molecule has 1 atom stereocenters. The van der Waals surface area contributed by atoms with Crippen molar-refractivity contribution in [1.82, 2.24) is 4.72 Å². The molecule has 8 nitrogen and oxygen atoms in total. The van der Waals surface area contributed by atoms with Crippen molar-refractivity contribution in [1.29, 1.82) is 0 Å². The van der Waals surface area contributed by atoms with Gasteiger partial charge in [-0.05, 0) is 68.3 Å². The van der Waals surface area contributed by atoms with E-state index in [0.717, 1.165) is 0 Å². The van der Waals surface area contributed by atoms with Gasteiger partial charge in [-0.3, -0.25) is 9.52 Å². The Morgan fingerprint density at radius 2 is 1.47 bits per heavy atom. The van der Waals surface area contributed by atoms with E-state index in [1.165, 1.54) is 24.3 Å². The van der Waals surface area contributed by atoms with E-state index in [4.69, 9.17) is 0 Å². The van der Waals surface area contributed by atoms with Crippen LogP contribution in [0.15, 0.2) is 53.4 Å². The first-order valence-corrected chi connectivity index (χ1v) is 12.7. The normalized spacial score (nSPS) is 12.9. The molecule has 30 heavy (non-hydrogen) atoms. The van der Waals surface area contributed by atoms with Crippen LogP contribution in [0.2, 0.25) is 0 Å². The number of benzene rings is 2. The van der Waals surface area contributed by atoms with E-state index in [1.54, 1.807) is 38.1 Å². The van der Waals surface area contributed by atoms with Crippen molar-refractivity contribution in [2.45, 2.75) is 44.6 Å². The zero-order valence-electron chi connectivity index (χ0n) is 17.2. The molecule has 1 amide bonds. The molecule has 0 aliphatic carbocycles. The summed E-state index contributed by atoms with van der Waals surface area (Å²) in [7, 11) is -7.02. The Balaban J connectivity index is 2.04. The van der Waals surface area contributed by atoms with Gasteiger partial charge in [0, 0.05) is 23.0 Å². The second kappa shape index (κ2) is 10.1. The maximum absolute atomic E-state index is 12.4. The zero-order valence-corrected chi connectivity index (χ0v) is 18.8. The quantitative estimate of drug-likeness (QED) is 0.510. The molecule has 1 unspecified atom stereocenters. The lowest BCUT2D eigenvalue weighted by Crippen LogP contribution is -2.32. The Labute approximate surface area is 178 Å². The van der Waals surface area contributed by atoms with Crippen molar-refractivity contribution in [3.8, 4) is 0 Å². The van der Waals surface area contributed by atoms with Crippen molar-refractivity contribution in [2.75, 3.05) is 15.8 Å². The Kier molecular flexibility index (Phi) is 7.99. The Morgan fingerprint density at radius 1 is 0.900 bits per heavy atom. The van der Waals surface area contributed by atoms with E-state index >= 15 is 0 Å². The smallest absolute Gasteiger partial charge is 0.255 e. The van der Waals surface area contributed by atoms with Gasteiger partial charge in [-0.15, -0.1) is 0 Å². The summed E-state index contributed by atoms with van der Waals surface area (Å²) in [6, 6.07) is 11.7. The molecule has 0 saturated heterocycles.